The van der Waals surface area contributed by atoms with Gasteiger partial charge in [0, 0.05) is 25.3 Å². The number of carboxylic acid groups (broad SMARTS) is 1. The number of nitrogens with one attached hydrogen (secondary N) is 2. The van der Waals surface area contributed by atoms with Crippen molar-refractivity contribution in [3.8, 4) is 0 Å². The molecule has 0 bridgehead atoms. The van der Waals surface area contributed by atoms with E-state index in [0.717, 1.165) is 70.6 Å². The lowest BCUT2D eigenvalue weighted by atomic mass is 9.32. The number of hydrogen-bond donors (Lipinski definition) is 3. The van der Waals surface area contributed by atoms with E-state index < -0.39 is 5.97 Å². The van der Waals surface area contributed by atoms with Crippen LogP contribution in [0.5, 0.6) is 0 Å². The maximum Gasteiger partial charge on any atom is 0.335 e. The van der Waals surface area contributed by atoms with E-state index in [9.17, 15) is 24.3 Å². The molecule has 8 nitrogen and oxygen atoms in total. The monoisotopic (exact) mass is 792 g/mol. The van der Waals surface area contributed by atoms with Crippen LogP contribution in [0.3, 0.4) is 0 Å². The number of amides is 2. The number of allylic oxidation sites excluding steroid dienone is 1. The molecule has 0 saturated heterocycles. The van der Waals surface area contributed by atoms with E-state index in [-0.39, 0.29) is 56.5 Å². The van der Waals surface area contributed by atoms with Crippen molar-refractivity contribution in [2.24, 2.45) is 56.7 Å². The van der Waals surface area contributed by atoms with E-state index >= 15 is 0 Å². The molecule has 310 valence electrons. The summed E-state index contributed by atoms with van der Waals surface area (Å²) in [6, 6.07) is 4.28. The molecule has 0 radical (unpaired) electrons. The van der Waals surface area contributed by atoms with Gasteiger partial charge in [0.2, 0.25) is 11.8 Å². The van der Waals surface area contributed by atoms with Crippen molar-refractivity contribution in [2.75, 3.05) is 11.9 Å². The van der Waals surface area contributed by atoms with Crippen LogP contribution in [0.25, 0.3) is 0 Å². The number of esters is 1. The Balaban J connectivity index is 1.05. The summed E-state index contributed by atoms with van der Waals surface area (Å²) < 4.78 is 5.96. The molecule has 10 atom stereocenters. The van der Waals surface area contributed by atoms with Crippen LogP contribution in [0, 0.1) is 56.7 Å². The molecule has 5 aliphatic rings. The van der Waals surface area contributed by atoms with E-state index in [1.165, 1.54) is 49.5 Å². The number of benzene rings is 1. The lowest BCUT2D eigenvalue weighted by molar-refractivity contribution is -0.248. The molecule has 0 aromatic heterocycles. The van der Waals surface area contributed by atoms with E-state index in [0.29, 0.717) is 53.3 Å². The second-order valence-electron chi connectivity index (χ2n) is 20.1. The zero-order valence-corrected chi connectivity index (χ0v) is 36.0. The van der Waals surface area contributed by atoms with Crippen LogP contribution >= 0.6 is 11.6 Å². The van der Waals surface area contributed by atoms with Crippen molar-refractivity contribution in [1.82, 2.24) is 5.32 Å². The second-order valence-corrected chi connectivity index (χ2v) is 20.5. The highest BCUT2D eigenvalue weighted by Gasteiger charge is 2.72. The minimum Gasteiger partial charge on any atom is -0.478 e. The molecule has 0 heterocycles. The number of hydrogen-bond acceptors (Lipinski definition) is 5. The number of ether oxygens (including phenoxy) is 1. The molecule has 56 heavy (non-hydrogen) atoms. The molecule has 1 aromatic carbocycles. The highest BCUT2D eigenvalue weighted by atomic mass is 35.5. The lowest BCUT2D eigenvalue weighted by Gasteiger charge is -2.72. The molecular formula is C47H69ClN2O6. The van der Waals surface area contributed by atoms with Gasteiger partial charge in [-0.25, -0.2) is 4.79 Å². The molecule has 1 aromatic rings. The molecule has 5 saturated carbocycles. The summed E-state index contributed by atoms with van der Waals surface area (Å²) in [4.78, 5) is 50.4. The van der Waals surface area contributed by atoms with Crippen molar-refractivity contribution >= 4 is 41.0 Å². The summed E-state index contributed by atoms with van der Waals surface area (Å²) in [5, 5.41) is 15.7. The molecule has 0 aliphatic heterocycles. The smallest absolute Gasteiger partial charge is 0.335 e. The highest BCUT2D eigenvalue weighted by molar-refractivity contribution is 6.33. The van der Waals surface area contributed by atoms with E-state index in [4.69, 9.17) is 16.3 Å². The van der Waals surface area contributed by atoms with Gasteiger partial charge >= 0.3 is 11.9 Å². The third-order valence-electron chi connectivity index (χ3n) is 17.1. The molecule has 0 spiro atoms. The summed E-state index contributed by atoms with van der Waals surface area (Å²) in [5.74, 6) is 1.18. The Morgan fingerprint density at radius 1 is 0.839 bits per heavy atom. The topological polar surface area (TPSA) is 122 Å². The standard InChI is InChI=1S/C47H69ClN2O6/c1-29(2)32-19-24-47(42(55)49-27-13-11-9-10-12-14-39(52)50-35-28-31(41(53)54)15-17-34(35)48)26-25-45(7)33(40(32)47)16-18-37-44(6)22-21-38(56-30(3)51)43(4,5)36(44)20-23-46(37,45)8/h15,17,28,32-33,36-38,40H,1,9-14,16,18-27H2,2-8H3,(H,49,55)(H,50,52)(H,53,54)/t32-,33+,36-,37?,38-,40+,44-,45+,46+,47-/m0/s1. The molecule has 2 amide bonds. The fraction of sp³-hybridized carbons (Fsp3) is 0.745. The average molecular weight is 794 g/mol. The predicted octanol–water partition coefficient (Wildman–Crippen LogP) is 11.0. The summed E-state index contributed by atoms with van der Waals surface area (Å²) in [6.07, 6.45) is 15.7. The van der Waals surface area contributed by atoms with Crippen LogP contribution in [-0.4, -0.2) is 41.5 Å². The first-order valence-electron chi connectivity index (χ1n) is 21.8. The number of carboxylic acids is 1. The van der Waals surface area contributed by atoms with Crippen molar-refractivity contribution in [1.29, 1.82) is 0 Å². The minimum absolute atomic E-state index is 0.0182. The molecule has 1 unspecified atom stereocenters. The maximum absolute atomic E-state index is 14.5. The van der Waals surface area contributed by atoms with Gasteiger partial charge in [-0.05, 0) is 148 Å². The highest BCUT2D eigenvalue weighted by Crippen LogP contribution is 2.77. The molecule has 6 rings (SSSR count). The number of carbonyl (C=O) groups is 4. The fourth-order valence-electron chi connectivity index (χ4n) is 14.2. The predicted molar refractivity (Wildman–Crippen MR) is 222 cm³/mol. The largest absolute Gasteiger partial charge is 0.478 e. The zero-order chi connectivity index (χ0) is 40.8. The molecular weight excluding hydrogens is 724 g/mol. The SMILES string of the molecule is C=C(C)[C@@H]1CC[C@]2(C(=O)NCCCCCCCC(=O)Nc3cc(C(=O)O)ccc3Cl)CC[C@]3(C)[C@H](CCC4[C@@]5(C)CC[C@H](OC(C)=O)C(C)(C)[C@@H]5CC[C@]43C)[C@@H]12. The lowest BCUT2D eigenvalue weighted by Crippen LogP contribution is -2.67. The maximum atomic E-state index is 14.5. The second kappa shape index (κ2) is 16.1. The number of carbonyl (C=O) groups excluding carboxylic acids is 3. The molecule has 3 N–H and O–H groups in total. The first kappa shape index (κ1) is 42.7. The van der Waals surface area contributed by atoms with Crippen molar-refractivity contribution in [3.63, 3.8) is 0 Å². The first-order chi connectivity index (χ1) is 26.3. The number of unbranched alkanes of at least 4 members (excludes halogenated alkanes) is 4. The number of anilines is 1. The molecule has 5 fully saturated rings. The minimum atomic E-state index is -1.07. The van der Waals surface area contributed by atoms with Crippen molar-refractivity contribution in [3.05, 3.63) is 40.9 Å². The van der Waals surface area contributed by atoms with Crippen LogP contribution in [0.15, 0.2) is 30.4 Å². The van der Waals surface area contributed by atoms with Crippen LogP contribution < -0.4 is 10.6 Å². The zero-order valence-electron chi connectivity index (χ0n) is 35.3. The normalized spacial score (nSPS) is 36.9. The van der Waals surface area contributed by atoms with E-state index in [2.05, 4.69) is 58.8 Å². The third kappa shape index (κ3) is 7.36. The Bertz CT molecular complexity index is 1710. The van der Waals surface area contributed by atoms with Gasteiger partial charge in [0.1, 0.15) is 6.10 Å². The Kier molecular flexibility index (Phi) is 12.3. The third-order valence-corrected chi connectivity index (χ3v) is 17.4. The quantitative estimate of drug-likeness (QED) is 0.104. The Hall–Kier alpha value is -2.87. The van der Waals surface area contributed by atoms with Crippen LogP contribution in [0.2, 0.25) is 5.02 Å². The molecule has 9 heteroatoms. The van der Waals surface area contributed by atoms with Gasteiger partial charge in [0.25, 0.3) is 0 Å². The summed E-state index contributed by atoms with van der Waals surface area (Å²) >= 11 is 6.16. The van der Waals surface area contributed by atoms with Crippen molar-refractivity contribution < 1.29 is 29.0 Å². The Labute approximate surface area is 341 Å². The van der Waals surface area contributed by atoms with E-state index in [1.54, 1.807) is 6.92 Å². The summed E-state index contributed by atoms with van der Waals surface area (Å²) in [7, 11) is 0. The van der Waals surface area contributed by atoms with Gasteiger partial charge in [0.15, 0.2) is 0 Å². The van der Waals surface area contributed by atoms with Gasteiger partial charge in [-0.15, -0.1) is 0 Å². The van der Waals surface area contributed by atoms with Crippen LogP contribution in [-0.2, 0) is 19.1 Å². The van der Waals surface area contributed by atoms with Crippen LogP contribution in [0.1, 0.15) is 162 Å². The van der Waals surface area contributed by atoms with Gasteiger partial charge in [-0.1, -0.05) is 77.6 Å². The number of rotatable bonds is 13. The van der Waals surface area contributed by atoms with Gasteiger partial charge in [0.05, 0.1) is 21.7 Å². The number of aromatic carboxylic acids is 1. The van der Waals surface area contributed by atoms with Crippen molar-refractivity contribution in [2.45, 2.75) is 157 Å². The Morgan fingerprint density at radius 3 is 2.25 bits per heavy atom. The first-order valence-corrected chi connectivity index (χ1v) is 22.1. The molecule has 5 aliphatic carbocycles. The summed E-state index contributed by atoms with van der Waals surface area (Å²) in [6.45, 7) is 21.5. The number of halogens is 1. The number of fused-ring (bicyclic) bond motifs is 7. The van der Waals surface area contributed by atoms with Gasteiger partial charge < -0.3 is 20.5 Å². The van der Waals surface area contributed by atoms with Gasteiger partial charge in [-0.3, -0.25) is 14.4 Å². The van der Waals surface area contributed by atoms with Crippen LogP contribution in [0.4, 0.5) is 5.69 Å². The van der Waals surface area contributed by atoms with E-state index in [1.807, 2.05) is 0 Å². The average Bonchev–Trinajstić information content (AvgIpc) is 3.53. The van der Waals surface area contributed by atoms with Gasteiger partial charge in [-0.2, -0.15) is 0 Å². The fourth-order valence-corrected chi connectivity index (χ4v) is 14.4. The Morgan fingerprint density at radius 2 is 1.55 bits per heavy atom. The summed E-state index contributed by atoms with van der Waals surface area (Å²) in [5.41, 5.74) is 1.79.